The highest BCUT2D eigenvalue weighted by molar-refractivity contribution is 6.13. The number of aryl methyl sites for hydroxylation is 1. The average molecular weight is 622 g/mol. The maximum absolute atomic E-state index is 12.9. The van der Waals surface area contributed by atoms with E-state index >= 15 is 0 Å². The molecule has 3 rings (SSSR count). The summed E-state index contributed by atoms with van der Waals surface area (Å²) in [5.74, 6) is -1.46. The predicted molar refractivity (Wildman–Crippen MR) is 168 cm³/mol. The number of pyridine rings is 1. The number of hydrogen-bond donors (Lipinski definition) is 3. The molecule has 12 heteroatoms. The quantitative estimate of drug-likeness (QED) is 0.228. The number of carbonyl (C=O) groups excluding carboxylic acids is 5. The average Bonchev–Trinajstić information content (AvgIpc) is 3.35. The van der Waals surface area contributed by atoms with E-state index in [-0.39, 0.29) is 79.8 Å². The van der Waals surface area contributed by atoms with Gasteiger partial charge in [-0.25, -0.2) is 0 Å². The van der Waals surface area contributed by atoms with Gasteiger partial charge in [0.05, 0.1) is 12.2 Å². The van der Waals surface area contributed by atoms with Gasteiger partial charge in [0.1, 0.15) is 6.61 Å². The van der Waals surface area contributed by atoms with Crippen molar-refractivity contribution in [3.63, 3.8) is 0 Å². The SMILES string of the molecule is CCC(C)(CCC(=O)NCc1c(OCc2ccccc2)c(=O)cc(C)n1C)CNC(=O)CCNC(=O)CCN1C(=O)C=CC1=O. The van der Waals surface area contributed by atoms with Gasteiger partial charge in [-0.2, -0.15) is 0 Å². The number of ether oxygens (including phenoxy) is 1. The van der Waals surface area contributed by atoms with Crippen LogP contribution in [0.4, 0.5) is 0 Å². The molecule has 1 aliphatic heterocycles. The van der Waals surface area contributed by atoms with Crippen molar-refractivity contribution in [2.24, 2.45) is 12.5 Å². The molecule has 0 saturated carbocycles. The second-order valence-electron chi connectivity index (χ2n) is 11.5. The van der Waals surface area contributed by atoms with Crippen LogP contribution in [0.5, 0.6) is 5.75 Å². The lowest BCUT2D eigenvalue weighted by atomic mass is 9.82. The number of aromatic nitrogens is 1. The summed E-state index contributed by atoms with van der Waals surface area (Å²) in [6.07, 6.45) is 3.83. The van der Waals surface area contributed by atoms with Crippen molar-refractivity contribution in [2.45, 2.75) is 66.0 Å². The molecule has 1 aliphatic rings. The summed E-state index contributed by atoms with van der Waals surface area (Å²) in [5.41, 5.74) is 1.68. The molecule has 2 aromatic rings. The first-order chi connectivity index (χ1) is 21.4. The molecule has 0 spiro atoms. The Morgan fingerprint density at radius 2 is 1.53 bits per heavy atom. The number of carbonyl (C=O) groups is 5. The monoisotopic (exact) mass is 621 g/mol. The van der Waals surface area contributed by atoms with Crippen LogP contribution in [0.15, 0.2) is 53.3 Å². The van der Waals surface area contributed by atoms with Crippen LogP contribution in [0.25, 0.3) is 0 Å². The summed E-state index contributed by atoms with van der Waals surface area (Å²) in [5, 5.41) is 8.43. The second-order valence-corrected chi connectivity index (χ2v) is 11.5. The van der Waals surface area contributed by atoms with Gasteiger partial charge in [-0.1, -0.05) is 44.2 Å². The van der Waals surface area contributed by atoms with Gasteiger partial charge in [-0.05, 0) is 30.7 Å². The Bertz CT molecular complexity index is 1470. The summed E-state index contributed by atoms with van der Waals surface area (Å²) in [6.45, 7) is 6.64. The van der Waals surface area contributed by atoms with Crippen molar-refractivity contribution >= 4 is 29.5 Å². The third-order valence-corrected chi connectivity index (χ3v) is 8.10. The minimum atomic E-state index is -0.444. The third kappa shape index (κ3) is 10.4. The van der Waals surface area contributed by atoms with Gasteiger partial charge in [0.2, 0.25) is 23.2 Å². The highest BCUT2D eigenvalue weighted by atomic mass is 16.5. The molecule has 0 radical (unpaired) electrons. The molecule has 1 atom stereocenters. The lowest BCUT2D eigenvalue weighted by Crippen LogP contribution is -2.38. The van der Waals surface area contributed by atoms with Crippen LogP contribution >= 0.6 is 0 Å². The molecule has 1 unspecified atom stereocenters. The summed E-state index contributed by atoms with van der Waals surface area (Å²) in [4.78, 5) is 74.2. The first-order valence-electron chi connectivity index (χ1n) is 15.1. The number of hydrogen-bond acceptors (Lipinski definition) is 7. The normalized spacial score (nSPS) is 13.8. The minimum Gasteiger partial charge on any atom is -0.483 e. The zero-order chi connectivity index (χ0) is 33.0. The number of nitrogens with one attached hydrogen (secondary N) is 3. The molecule has 45 heavy (non-hydrogen) atoms. The molecule has 1 aromatic carbocycles. The van der Waals surface area contributed by atoms with Gasteiger partial charge in [-0.15, -0.1) is 0 Å². The molecule has 0 fully saturated rings. The summed E-state index contributed by atoms with van der Waals surface area (Å²) < 4.78 is 7.75. The second kappa shape index (κ2) is 16.4. The molecular weight excluding hydrogens is 578 g/mol. The minimum absolute atomic E-state index is 0.0164. The Morgan fingerprint density at radius 1 is 0.889 bits per heavy atom. The number of nitrogens with zero attached hydrogens (tertiary/aromatic N) is 2. The highest BCUT2D eigenvalue weighted by Gasteiger charge is 2.25. The van der Waals surface area contributed by atoms with Gasteiger partial charge in [0.25, 0.3) is 11.8 Å². The van der Waals surface area contributed by atoms with Gasteiger partial charge < -0.3 is 25.3 Å². The van der Waals surface area contributed by atoms with Crippen LogP contribution in [0.1, 0.15) is 62.9 Å². The van der Waals surface area contributed by atoms with Gasteiger partial charge in [0.15, 0.2) is 5.75 Å². The van der Waals surface area contributed by atoms with Crippen molar-refractivity contribution in [1.29, 1.82) is 0 Å². The molecule has 3 N–H and O–H groups in total. The predicted octanol–water partition coefficient (Wildman–Crippen LogP) is 2.02. The van der Waals surface area contributed by atoms with E-state index in [0.717, 1.165) is 34.7 Å². The summed E-state index contributed by atoms with van der Waals surface area (Å²) in [7, 11) is 1.82. The van der Waals surface area contributed by atoms with Crippen molar-refractivity contribution < 1.29 is 28.7 Å². The van der Waals surface area contributed by atoms with Crippen molar-refractivity contribution in [2.75, 3.05) is 19.6 Å². The maximum atomic E-state index is 12.9. The van der Waals surface area contributed by atoms with E-state index in [4.69, 9.17) is 4.74 Å². The maximum Gasteiger partial charge on any atom is 0.253 e. The molecular formula is C33H43N5O7. The van der Waals surface area contributed by atoms with Gasteiger partial charge in [-0.3, -0.25) is 33.7 Å². The highest BCUT2D eigenvalue weighted by Crippen LogP contribution is 2.26. The van der Waals surface area contributed by atoms with E-state index in [2.05, 4.69) is 16.0 Å². The Balaban J connectivity index is 1.42. The summed E-state index contributed by atoms with van der Waals surface area (Å²) >= 11 is 0. The zero-order valence-electron chi connectivity index (χ0n) is 26.4. The van der Waals surface area contributed by atoms with Crippen LogP contribution < -0.4 is 26.1 Å². The van der Waals surface area contributed by atoms with E-state index in [9.17, 15) is 28.8 Å². The van der Waals surface area contributed by atoms with Crippen LogP contribution in [-0.4, -0.2) is 58.6 Å². The Labute approximate surface area is 263 Å². The van der Waals surface area contributed by atoms with Crippen LogP contribution in [0.2, 0.25) is 0 Å². The molecule has 1 aromatic heterocycles. The molecule has 242 valence electrons. The largest absolute Gasteiger partial charge is 0.483 e. The lowest BCUT2D eigenvalue weighted by Gasteiger charge is -2.28. The molecule has 0 bridgehead atoms. The fraction of sp³-hybridized carbons (Fsp3) is 0.455. The molecule has 2 heterocycles. The van der Waals surface area contributed by atoms with E-state index in [1.807, 2.05) is 62.7 Å². The lowest BCUT2D eigenvalue weighted by molar-refractivity contribution is -0.137. The van der Waals surface area contributed by atoms with Crippen molar-refractivity contribution in [3.05, 3.63) is 75.7 Å². The molecule has 12 nitrogen and oxygen atoms in total. The number of benzene rings is 1. The first-order valence-corrected chi connectivity index (χ1v) is 15.1. The molecule has 5 amide bonds. The van der Waals surface area contributed by atoms with Gasteiger partial charge in [0, 0.05) is 69.9 Å². The van der Waals surface area contributed by atoms with Crippen molar-refractivity contribution in [3.8, 4) is 5.75 Å². The molecule has 0 aliphatic carbocycles. The fourth-order valence-corrected chi connectivity index (χ4v) is 4.69. The van der Waals surface area contributed by atoms with E-state index in [1.54, 1.807) is 0 Å². The van der Waals surface area contributed by atoms with E-state index < -0.39 is 11.8 Å². The Morgan fingerprint density at radius 3 is 2.20 bits per heavy atom. The smallest absolute Gasteiger partial charge is 0.253 e. The zero-order valence-corrected chi connectivity index (χ0v) is 26.4. The van der Waals surface area contributed by atoms with Gasteiger partial charge >= 0.3 is 0 Å². The van der Waals surface area contributed by atoms with E-state index in [1.165, 1.54) is 6.07 Å². The third-order valence-electron chi connectivity index (χ3n) is 8.10. The van der Waals surface area contributed by atoms with Crippen LogP contribution in [-0.2, 0) is 44.2 Å². The van der Waals surface area contributed by atoms with Crippen molar-refractivity contribution in [1.82, 2.24) is 25.4 Å². The number of imide groups is 1. The molecule has 0 saturated heterocycles. The standard InChI is InChI=1S/C33H43N5O7/c1-5-33(3,22-36-28(41)14-17-34-29(42)15-18-38-30(43)11-12-31(38)44)16-13-27(40)35-20-25-32(26(39)19-23(2)37(25)4)45-21-24-9-7-6-8-10-24/h6-12,19H,5,13-18,20-22H2,1-4H3,(H,34,42)(H,35,40)(H,36,41). The summed E-state index contributed by atoms with van der Waals surface area (Å²) in [6, 6.07) is 11.0. The number of rotatable bonds is 17. The fourth-order valence-electron chi connectivity index (χ4n) is 4.69. The first kappa shape index (κ1) is 34.7. The van der Waals surface area contributed by atoms with Crippen LogP contribution in [0.3, 0.4) is 0 Å². The Hall–Kier alpha value is -4.74. The van der Waals surface area contributed by atoms with E-state index in [0.29, 0.717) is 18.7 Å². The number of amides is 5. The topological polar surface area (TPSA) is 156 Å². The Kier molecular flexibility index (Phi) is 12.6. The van der Waals surface area contributed by atoms with Crippen LogP contribution in [0, 0.1) is 12.3 Å².